The van der Waals surface area contributed by atoms with E-state index in [2.05, 4.69) is 25.9 Å². The van der Waals surface area contributed by atoms with Crippen LogP contribution in [0.5, 0.6) is 0 Å². The number of halogens is 1. The monoisotopic (exact) mass is 280 g/mol. The van der Waals surface area contributed by atoms with Crippen LogP contribution in [0.4, 0.5) is 0 Å². The van der Waals surface area contributed by atoms with Crippen molar-refractivity contribution in [1.82, 2.24) is 9.97 Å². The van der Waals surface area contributed by atoms with Gasteiger partial charge in [0.1, 0.15) is 11.5 Å². The Morgan fingerprint density at radius 2 is 2.25 bits per heavy atom. The van der Waals surface area contributed by atoms with Crippen molar-refractivity contribution in [3.8, 4) is 11.4 Å². The summed E-state index contributed by atoms with van der Waals surface area (Å²) in [4.78, 5) is 17.5. The predicted octanol–water partition coefficient (Wildman–Crippen LogP) is 2.85. The summed E-state index contributed by atoms with van der Waals surface area (Å²) >= 11 is 3.42. The maximum Gasteiger partial charge on any atom is 0.353 e. The van der Waals surface area contributed by atoms with Gasteiger partial charge in [0.25, 0.3) is 0 Å². The molecule has 0 aliphatic carbocycles. The van der Waals surface area contributed by atoms with Crippen LogP contribution in [0.2, 0.25) is 0 Å². The van der Waals surface area contributed by atoms with Crippen LogP contribution in [-0.4, -0.2) is 21.0 Å². The van der Waals surface area contributed by atoms with Crippen LogP contribution >= 0.6 is 15.9 Å². The molecule has 1 aromatic carbocycles. The average Bonchev–Trinajstić information content (AvgIpc) is 2.71. The smallest absolute Gasteiger partial charge is 0.353 e. The van der Waals surface area contributed by atoms with Crippen molar-refractivity contribution in [2.75, 3.05) is 0 Å². The number of aromatic nitrogens is 2. The number of imidazole rings is 1. The molecule has 2 rings (SSSR count). The standard InChI is InChI=1S/C11H9BrN2O2/c1-6-2-3-7(4-8(6)12)10-13-5-9(14-10)11(15)16/h2-5H,1H3,(H,13,14)(H,15,16). The molecule has 4 nitrogen and oxygen atoms in total. The lowest BCUT2D eigenvalue weighted by Crippen LogP contribution is -1.95. The first-order chi connectivity index (χ1) is 7.58. The van der Waals surface area contributed by atoms with Crippen LogP contribution in [0.3, 0.4) is 0 Å². The molecule has 0 fully saturated rings. The molecule has 0 aliphatic rings. The molecule has 0 spiro atoms. The van der Waals surface area contributed by atoms with Crippen LogP contribution in [-0.2, 0) is 0 Å². The largest absolute Gasteiger partial charge is 0.477 e. The van der Waals surface area contributed by atoms with E-state index in [4.69, 9.17) is 5.11 Å². The number of carbonyl (C=O) groups is 1. The van der Waals surface area contributed by atoms with Crippen molar-refractivity contribution in [3.63, 3.8) is 0 Å². The predicted molar refractivity (Wildman–Crippen MR) is 63.4 cm³/mol. The topological polar surface area (TPSA) is 66.0 Å². The zero-order chi connectivity index (χ0) is 11.7. The van der Waals surface area contributed by atoms with Crippen molar-refractivity contribution in [2.45, 2.75) is 6.92 Å². The van der Waals surface area contributed by atoms with Crippen LogP contribution < -0.4 is 0 Å². The minimum absolute atomic E-state index is 0.0895. The van der Waals surface area contributed by atoms with Gasteiger partial charge in [-0.05, 0) is 18.6 Å². The van der Waals surface area contributed by atoms with E-state index in [-0.39, 0.29) is 5.69 Å². The number of carboxylic acids is 1. The fourth-order valence-electron chi connectivity index (χ4n) is 1.32. The highest BCUT2D eigenvalue weighted by atomic mass is 79.9. The van der Waals surface area contributed by atoms with E-state index in [0.29, 0.717) is 5.82 Å². The number of hydrogen-bond donors (Lipinski definition) is 2. The van der Waals surface area contributed by atoms with Gasteiger partial charge in [-0.2, -0.15) is 0 Å². The van der Waals surface area contributed by atoms with Gasteiger partial charge in [-0.3, -0.25) is 0 Å². The van der Waals surface area contributed by atoms with Gasteiger partial charge < -0.3 is 10.1 Å². The van der Waals surface area contributed by atoms with Gasteiger partial charge >= 0.3 is 5.97 Å². The van der Waals surface area contributed by atoms with E-state index in [1.54, 1.807) is 0 Å². The first kappa shape index (κ1) is 10.9. The fraction of sp³-hybridized carbons (Fsp3) is 0.0909. The second-order valence-corrected chi connectivity index (χ2v) is 4.27. The van der Waals surface area contributed by atoms with E-state index in [1.807, 2.05) is 25.1 Å². The fourth-order valence-corrected chi connectivity index (χ4v) is 1.70. The summed E-state index contributed by atoms with van der Waals surface area (Å²) in [7, 11) is 0. The van der Waals surface area contributed by atoms with Crippen molar-refractivity contribution >= 4 is 21.9 Å². The Morgan fingerprint density at radius 3 is 2.81 bits per heavy atom. The molecule has 5 heteroatoms. The Bertz CT molecular complexity index is 549. The second-order valence-electron chi connectivity index (χ2n) is 3.41. The summed E-state index contributed by atoms with van der Waals surface area (Å²) in [5.41, 5.74) is 2.06. The number of nitrogens with zero attached hydrogens (tertiary/aromatic N) is 1. The Balaban J connectivity index is 2.42. The maximum atomic E-state index is 10.7. The summed E-state index contributed by atoms with van der Waals surface area (Å²) in [6.07, 6.45) is 1.31. The van der Waals surface area contributed by atoms with E-state index >= 15 is 0 Å². The van der Waals surface area contributed by atoms with E-state index in [0.717, 1.165) is 15.6 Å². The van der Waals surface area contributed by atoms with Gasteiger partial charge in [0.15, 0.2) is 0 Å². The molecule has 0 amide bonds. The van der Waals surface area contributed by atoms with Crippen molar-refractivity contribution < 1.29 is 9.90 Å². The van der Waals surface area contributed by atoms with Crippen LogP contribution in [0.15, 0.2) is 28.9 Å². The molecule has 0 atom stereocenters. The Kier molecular flexibility index (Phi) is 2.78. The number of rotatable bonds is 2. The summed E-state index contributed by atoms with van der Waals surface area (Å²) in [6.45, 7) is 1.98. The summed E-state index contributed by atoms with van der Waals surface area (Å²) in [5.74, 6) is -0.456. The first-order valence-corrected chi connectivity index (χ1v) is 5.42. The zero-order valence-corrected chi connectivity index (χ0v) is 10.1. The Labute approximate surface area is 100 Å². The SMILES string of the molecule is Cc1ccc(-c2ncc(C(=O)O)[nH]2)cc1Br. The number of aryl methyl sites for hydroxylation is 1. The van der Waals surface area contributed by atoms with Crippen LogP contribution in [0.25, 0.3) is 11.4 Å². The molecule has 2 N–H and O–H groups in total. The lowest BCUT2D eigenvalue weighted by Gasteiger charge is -2.00. The third-order valence-electron chi connectivity index (χ3n) is 2.25. The van der Waals surface area contributed by atoms with Gasteiger partial charge in [-0.1, -0.05) is 28.1 Å². The molecule has 1 aromatic heterocycles. The van der Waals surface area contributed by atoms with Crippen molar-refractivity contribution in [1.29, 1.82) is 0 Å². The summed E-state index contributed by atoms with van der Waals surface area (Å²) < 4.78 is 0.971. The number of H-pyrrole nitrogens is 1. The number of benzene rings is 1. The molecule has 2 aromatic rings. The molecule has 0 unspecified atom stereocenters. The highest BCUT2D eigenvalue weighted by Crippen LogP contribution is 2.23. The number of hydrogen-bond acceptors (Lipinski definition) is 2. The highest BCUT2D eigenvalue weighted by Gasteiger charge is 2.09. The number of aromatic carboxylic acids is 1. The van der Waals surface area contributed by atoms with Gasteiger partial charge in [0.05, 0.1) is 6.20 Å². The molecule has 0 saturated carbocycles. The van der Waals surface area contributed by atoms with E-state index < -0.39 is 5.97 Å². The molecule has 16 heavy (non-hydrogen) atoms. The van der Waals surface area contributed by atoms with Gasteiger partial charge in [-0.25, -0.2) is 9.78 Å². The third kappa shape index (κ3) is 1.99. The summed E-state index contributed by atoms with van der Waals surface area (Å²) in [6, 6.07) is 5.74. The molecular formula is C11H9BrN2O2. The minimum Gasteiger partial charge on any atom is -0.477 e. The Morgan fingerprint density at radius 1 is 1.50 bits per heavy atom. The minimum atomic E-state index is -1.01. The first-order valence-electron chi connectivity index (χ1n) is 4.63. The van der Waals surface area contributed by atoms with Gasteiger partial charge in [0, 0.05) is 10.0 Å². The number of nitrogens with one attached hydrogen (secondary N) is 1. The zero-order valence-electron chi connectivity index (χ0n) is 8.49. The number of aromatic amines is 1. The van der Waals surface area contributed by atoms with Gasteiger partial charge in [-0.15, -0.1) is 0 Å². The number of carboxylic acid groups (broad SMARTS) is 1. The molecule has 0 bridgehead atoms. The molecular weight excluding hydrogens is 272 g/mol. The quantitative estimate of drug-likeness (QED) is 0.889. The third-order valence-corrected chi connectivity index (χ3v) is 3.11. The van der Waals surface area contributed by atoms with E-state index in [1.165, 1.54) is 6.20 Å². The Hall–Kier alpha value is -1.62. The second kappa shape index (κ2) is 4.09. The van der Waals surface area contributed by atoms with Crippen molar-refractivity contribution in [3.05, 3.63) is 40.1 Å². The van der Waals surface area contributed by atoms with Crippen LogP contribution in [0, 0.1) is 6.92 Å². The van der Waals surface area contributed by atoms with E-state index in [9.17, 15) is 4.79 Å². The average molecular weight is 281 g/mol. The normalized spacial score (nSPS) is 10.4. The van der Waals surface area contributed by atoms with Crippen LogP contribution in [0.1, 0.15) is 16.1 Å². The lowest BCUT2D eigenvalue weighted by molar-refractivity contribution is 0.0691. The molecule has 0 radical (unpaired) electrons. The molecule has 0 aliphatic heterocycles. The maximum absolute atomic E-state index is 10.7. The van der Waals surface area contributed by atoms with Crippen molar-refractivity contribution in [2.24, 2.45) is 0 Å². The summed E-state index contributed by atoms with van der Waals surface area (Å²) in [5, 5.41) is 8.76. The molecule has 82 valence electrons. The molecule has 0 saturated heterocycles. The highest BCUT2D eigenvalue weighted by molar-refractivity contribution is 9.10. The van der Waals surface area contributed by atoms with Gasteiger partial charge in [0.2, 0.25) is 0 Å². The lowest BCUT2D eigenvalue weighted by atomic mass is 10.1. The molecule has 1 heterocycles.